The Hall–Kier alpha value is -2.75. The molecule has 0 aliphatic carbocycles. The van der Waals surface area contributed by atoms with Crippen molar-refractivity contribution in [3.63, 3.8) is 0 Å². The van der Waals surface area contributed by atoms with Crippen molar-refractivity contribution in [2.75, 3.05) is 19.8 Å². The Bertz CT molecular complexity index is 1170. The first kappa shape index (κ1) is 26.8. The smallest absolute Gasteiger partial charge is 0.258 e. The highest BCUT2D eigenvalue weighted by atomic mass is 32.1. The molecule has 0 unspecified atom stereocenters. The SMILES string of the molecule is CCc1cc(-c2nnc(-c3sc(C)c(CC(C)C)c3C)o2)cc(C)c1OC[C@H](O)CNC(=O)CO. The molecule has 0 saturated carbocycles. The lowest BCUT2D eigenvalue weighted by Crippen LogP contribution is -2.36. The number of aromatic nitrogens is 2. The van der Waals surface area contributed by atoms with Gasteiger partial charge in [-0.2, -0.15) is 0 Å². The van der Waals surface area contributed by atoms with E-state index in [0.29, 0.717) is 29.9 Å². The maximum absolute atomic E-state index is 11.2. The summed E-state index contributed by atoms with van der Waals surface area (Å²) in [5.41, 5.74) is 5.22. The number of nitrogens with zero attached hydrogens (tertiary/aromatic N) is 2. The van der Waals surface area contributed by atoms with Crippen LogP contribution in [0.25, 0.3) is 22.2 Å². The van der Waals surface area contributed by atoms with Gasteiger partial charge in [0, 0.05) is 17.0 Å². The normalized spacial score (nSPS) is 12.3. The number of aliphatic hydroxyl groups is 2. The highest BCUT2D eigenvalue weighted by molar-refractivity contribution is 7.15. The number of rotatable bonds is 11. The molecule has 1 aromatic carbocycles. The van der Waals surface area contributed by atoms with Gasteiger partial charge in [-0.15, -0.1) is 21.5 Å². The zero-order chi connectivity index (χ0) is 25.7. The molecule has 3 rings (SSSR count). The van der Waals surface area contributed by atoms with Crippen molar-refractivity contribution in [2.24, 2.45) is 5.92 Å². The number of carbonyl (C=O) groups excluding carboxylic acids is 1. The number of aliphatic hydroxyl groups excluding tert-OH is 2. The van der Waals surface area contributed by atoms with E-state index in [1.165, 1.54) is 16.0 Å². The number of aryl methyl sites for hydroxylation is 3. The average molecular weight is 502 g/mol. The summed E-state index contributed by atoms with van der Waals surface area (Å²) in [7, 11) is 0. The summed E-state index contributed by atoms with van der Waals surface area (Å²) in [6, 6.07) is 3.90. The summed E-state index contributed by atoms with van der Waals surface area (Å²) in [6.07, 6.45) is 0.841. The molecule has 0 radical (unpaired) electrons. The van der Waals surface area contributed by atoms with Crippen LogP contribution in [-0.2, 0) is 17.6 Å². The molecule has 0 aliphatic heterocycles. The first-order valence-electron chi connectivity index (χ1n) is 11.9. The van der Waals surface area contributed by atoms with Gasteiger partial charge in [0.15, 0.2) is 0 Å². The summed E-state index contributed by atoms with van der Waals surface area (Å²) < 4.78 is 12.0. The van der Waals surface area contributed by atoms with E-state index in [1.807, 2.05) is 26.0 Å². The molecule has 1 amide bonds. The fourth-order valence-electron chi connectivity index (χ4n) is 4.00. The maximum atomic E-state index is 11.2. The van der Waals surface area contributed by atoms with Gasteiger partial charge in [-0.25, -0.2) is 0 Å². The molecule has 35 heavy (non-hydrogen) atoms. The maximum Gasteiger partial charge on any atom is 0.258 e. The van der Waals surface area contributed by atoms with Crippen LogP contribution in [0.1, 0.15) is 47.9 Å². The molecule has 0 bridgehead atoms. The Morgan fingerprint density at radius 1 is 1.20 bits per heavy atom. The third-order valence-electron chi connectivity index (χ3n) is 5.78. The number of nitrogens with one attached hydrogen (secondary N) is 1. The molecule has 0 fully saturated rings. The third kappa shape index (κ3) is 6.48. The summed E-state index contributed by atoms with van der Waals surface area (Å²) in [5, 5.41) is 29.9. The molecular formula is C26H35N3O5S. The minimum absolute atomic E-state index is 0.00321. The number of carbonyl (C=O) groups is 1. The van der Waals surface area contributed by atoms with Crippen molar-refractivity contribution in [3.05, 3.63) is 39.3 Å². The summed E-state index contributed by atoms with van der Waals surface area (Å²) in [5.74, 6) is 1.70. The molecule has 9 heteroatoms. The van der Waals surface area contributed by atoms with Crippen molar-refractivity contribution in [2.45, 2.75) is 60.5 Å². The monoisotopic (exact) mass is 501 g/mol. The molecule has 2 aromatic heterocycles. The van der Waals surface area contributed by atoms with Gasteiger partial charge in [0.1, 0.15) is 25.1 Å². The van der Waals surface area contributed by atoms with Gasteiger partial charge in [0.05, 0.1) is 4.88 Å². The zero-order valence-corrected chi connectivity index (χ0v) is 22.1. The van der Waals surface area contributed by atoms with Crippen molar-refractivity contribution in [1.82, 2.24) is 15.5 Å². The second-order valence-electron chi connectivity index (χ2n) is 9.16. The topological polar surface area (TPSA) is 118 Å². The number of ether oxygens (including phenoxy) is 1. The number of hydrogen-bond acceptors (Lipinski definition) is 8. The van der Waals surface area contributed by atoms with Crippen LogP contribution in [0.5, 0.6) is 5.75 Å². The number of benzene rings is 1. The van der Waals surface area contributed by atoms with Crippen LogP contribution in [0.15, 0.2) is 16.5 Å². The molecule has 0 spiro atoms. The predicted molar refractivity (Wildman–Crippen MR) is 137 cm³/mol. The first-order chi connectivity index (χ1) is 16.6. The molecule has 1 atom stereocenters. The lowest BCUT2D eigenvalue weighted by molar-refractivity contribution is -0.124. The van der Waals surface area contributed by atoms with Crippen molar-refractivity contribution >= 4 is 17.2 Å². The van der Waals surface area contributed by atoms with E-state index in [1.54, 1.807) is 11.3 Å². The molecule has 8 nitrogen and oxygen atoms in total. The Morgan fingerprint density at radius 3 is 2.57 bits per heavy atom. The van der Waals surface area contributed by atoms with Crippen LogP contribution in [0.4, 0.5) is 0 Å². The Morgan fingerprint density at radius 2 is 1.91 bits per heavy atom. The second kappa shape index (κ2) is 11.8. The van der Waals surface area contributed by atoms with E-state index in [9.17, 15) is 9.90 Å². The number of hydrogen-bond donors (Lipinski definition) is 3. The predicted octanol–water partition coefficient (Wildman–Crippen LogP) is 4.00. The molecule has 3 aromatic rings. The van der Waals surface area contributed by atoms with E-state index in [2.05, 4.69) is 43.2 Å². The quantitative estimate of drug-likeness (QED) is 0.363. The average Bonchev–Trinajstić information content (AvgIpc) is 3.41. The summed E-state index contributed by atoms with van der Waals surface area (Å²) in [4.78, 5) is 13.5. The van der Waals surface area contributed by atoms with E-state index < -0.39 is 18.6 Å². The highest BCUT2D eigenvalue weighted by Crippen LogP contribution is 2.38. The summed E-state index contributed by atoms with van der Waals surface area (Å²) in [6.45, 7) is 12.1. The van der Waals surface area contributed by atoms with Gasteiger partial charge in [-0.05, 0) is 73.9 Å². The minimum atomic E-state index is -0.897. The molecule has 0 saturated heterocycles. The van der Waals surface area contributed by atoms with E-state index >= 15 is 0 Å². The standard InChI is InChI=1S/C26H35N3O5S/c1-7-18-10-19(9-15(4)23(18)33-13-20(31)11-27-22(32)12-30)25-28-29-26(34-25)24-16(5)21(8-14(2)3)17(6)35-24/h9-10,14,20,30-31H,7-8,11-13H2,1-6H3,(H,27,32)/t20-/m1/s1. The largest absolute Gasteiger partial charge is 0.490 e. The minimum Gasteiger partial charge on any atom is -0.490 e. The molecule has 0 aliphatic rings. The van der Waals surface area contributed by atoms with Crippen LogP contribution in [0, 0.1) is 26.7 Å². The van der Waals surface area contributed by atoms with Gasteiger partial charge in [-0.1, -0.05) is 20.8 Å². The van der Waals surface area contributed by atoms with E-state index in [0.717, 1.165) is 28.0 Å². The van der Waals surface area contributed by atoms with Gasteiger partial charge >= 0.3 is 0 Å². The van der Waals surface area contributed by atoms with Crippen LogP contribution < -0.4 is 10.1 Å². The molecule has 3 N–H and O–H groups in total. The van der Waals surface area contributed by atoms with Crippen molar-refractivity contribution < 1.29 is 24.2 Å². The number of thiophene rings is 1. The van der Waals surface area contributed by atoms with Gasteiger partial charge in [0.2, 0.25) is 11.8 Å². The molecular weight excluding hydrogens is 466 g/mol. The fourth-order valence-corrected chi connectivity index (χ4v) is 5.11. The zero-order valence-electron chi connectivity index (χ0n) is 21.3. The first-order valence-corrected chi connectivity index (χ1v) is 12.7. The van der Waals surface area contributed by atoms with Gasteiger partial charge < -0.3 is 24.7 Å². The van der Waals surface area contributed by atoms with Gasteiger partial charge in [-0.3, -0.25) is 4.79 Å². The Balaban J connectivity index is 1.80. The van der Waals surface area contributed by atoms with E-state index in [-0.39, 0.29) is 13.2 Å². The lowest BCUT2D eigenvalue weighted by atomic mass is 9.99. The molecule has 190 valence electrons. The summed E-state index contributed by atoms with van der Waals surface area (Å²) >= 11 is 1.69. The highest BCUT2D eigenvalue weighted by Gasteiger charge is 2.21. The Labute approximate surface area is 210 Å². The lowest BCUT2D eigenvalue weighted by Gasteiger charge is -2.17. The van der Waals surface area contributed by atoms with Gasteiger partial charge in [0.25, 0.3) is 5.89 Å². The van der Waals surface area contributed by atoms with Crippen LogP contribution in [0.2, 0.25) is 0 Å². The fraction of sp³-hybridized carbons (Fsp3) is 0.500. The third-order valence-corrected chi connectivity index (χ3v) is 7.02. The van der Waals surface area contributed by atoms with Crippen LogP contribution >= 0.6 is 11.3 Å². The number of amides is 1. The van der Waals surface area contributed by atoms with Crippen molar-refractivity contribution in [1.29, 1.82) is 0 Å². The Kier molecular flexibility index (Phi) is 9.04. The van der Waals surface area contributed by atoms with E-state index in [4.69, 9.17) is 14.3 Å². The van der Waals surface area contributed by atoms with Crippen molar-refractivity contribution in [3.8, 4) is 28.0 Å². The second-order valence-corrected chi connectivity index (χ2v) is 10.4. The molecule has 2 heterocycles. The van der Waals surface area contributed by atoms with Crippen LogP contribution in [0.3, 0.4) is 0 Å². The van der Waals surface area contributed by atoms with Crippen LogP contribution in [-0.4, -0.2) is 52.2 Å².